The summed E-state index contributed by atoms with van der Waals surface area (Å²) in [5, 5.41) is 0. The Morgan fingerprint density at radius 3 is 2.49 bits per heavy atom. The van der Waals surface area contributed by atoms with Crippen LogP contribution < -0.4 is 0 Å². The number of carbonyl (C=O) groups is 1. The van der Waals surface area contributed by atoms with Crippen LogP contribution in [0.4, 0.5) is 17.6 Å². The minimum Gasteiger partial charge on any atom is -0.328 e. The number of sulfonamides is 1. The highest BCUT2D eigenvalue weighted by Gasteiger charge is 2.58. The lowest BCUT2D eigenvalue weighted by Crippen LogP contribution is -2.68. The molecule has 1 aromatic heterocycles. The number of alkyl halides is 3. The molecule has 1 saturated heterocycles. The molecule has 0 radical (unpaired) electrons. The van der Waals surface area contributed by atoms with Crippen molar-refractivity contribution in [3.8, 4) is 0 Å². The van der Waals surface area contributed by atoms with Gasteiger partial charge in [-0.05, 0) is 53.9 Å². The van der Waals surface area contributed by atoms with Gasteiger partial charge in [-0.1, -0.05) is 18.2 Å². The summed E-state index contributed by atoms with van der Waals surface area (Å²) in [7, 11) is -3.97. The summed E-state index contributed by atoms with van der Waals surface area (Å²) in [6.07, 6.45) is -1.42. The molecule has 12 heteroatoms. The summed E-state index contributed by atoms with van der Waals surface area (Å²) in [6.45, 7) is 5.87. The molecule has 1 aliphatic heterocycles. The first kappa shape index (κ1) is 25.8. The molecule has 0 bridgehead atoms. The van der Waals surface area contributed by atoms with E-state index in [-0.39, 0.29) is 39.6 Å². The Morgan fingerprint density at radius 1 is 1.31 bits per heavy atom. The summed E-state index contributed by atoms with van der Waals surface area (Å²) >= 11 is 3.03. The van der Waals surface area contributed by atoms with Crippen molar-refractivity contribution in [2.45, 2.75) is 42.9 Å². The average Bonchev–Trinajstić information content (AvgIpc) is 2.72. The SMILES string of the molecule is C=CC(C)N(C(=O)c1ncc(C(F)(F)F)cc1Br)C1CC2(C1)CN(S(=O)(=O)c1ccccc1F)C2. The summed E-state index contributed by atoms with van der Waals surface area (Å²) in [6, 6.07) is 5.30. The van der Waals surface area contributed by atoms with Crippen molar-refractivity contribution in [1.29, 1.82) is 0 Å². The maximum absolute atomic E-state index is 14.0. The van der Waals surface area contributed by atoms with Gasteiger partial charge in [-0.25, -0.2) is 17.8 Å². The largest absolute Gasteiger partial charge is 0.417 e. The molecular weight excluding hydrogens is 554 g/mol. The number of hydrogen-bond donors (Lipinski definition) is 0. The van der Waals surface area contributed by atoms with Gasteiger partial charge in [-0.2, -0.15) is 17.5 Å². The Morgan fingerprint density at radius 2 is 1.94 bits per heavy atom. The van der Waals surface area contributed by atoms with E-state index in [9.17, 15) is 30.8 Å². The second-order valence-electron chi connectivity index (χ2n) is 9.01. The van der Waals surface area contributed by atoms with Gasteiger partial charge in [0.15, 0.2) is 0 Å². The molecule has 1 saturated carbocycles. The number of rotatable bonds is 6. The topological polar surface area (TPSA) is 70.6 Å². The molecule has 1 spiro atoms. The van der Waals surface area contributed by atoms with Crippen LogP contribution in [0.25, 0.3) is 0 Å². The maximum atomic E-state index is 14.0. The molecule has 4 rings (SSSR count). The smallest absolute Gasteiger partial charge is 0.328 e. The monoisotopic (exact) mass is 575 g/mol. The Balaban J connectivity index is 1.48. The van der Waals surface area contributed by atoms with E-state index in [4.69, 9.17) is 0 Å². The van der Waals surface area contributed by atoms with E-state index >= 15 is 0 Å². The molecule has 35 heavy (non-hydrogen) atoms. The fraction of sp³-hybridized carbons (Fsp3) is 0.391. The number of hydrogen-bond acceptors (Lipinski definition) is 4. The number of benzene rings is 1. The third-order valence-corrected chi connectivity index (χ3v) is 9.02. The van der Waals surface area contributed by atoms with Gasteiger partial charge in [0.05, 0.1) is 5.56 Å². The van der Waals surface area contributed by atoms with Crippen LogP contribution in [0, 0.1) is 11.2 Å². The zero-order chi connectivity index (χ0) is 25.8. The minimum absolute atomic E-state index is 0.0709. The standard InChI is InChI=1S/C23H22BrF4N3O3S/c1-3-14(2)31(21(32)20-17(24)8-15(11-29-20)23(26,27)28)16-9-22(10-16)12-30(13-22)35(33,34)19-7-5-4-6-18(19)25/h3-8,11,14,16H,1,9-10,12-13H2,2H3. The lowest BCUT2D eigenvalue weighted by molar-refractivity contribution is -0.137. The van der Waals surface area contributed by atoms with Crippen LogP contribution in [0.5, 0.6) is 0 Å². The highest BCUT2D eigenvalue weighted by Crippen LogP contribution is 2.52. The summed E-state index contributed by atoms with van der Waals surface area (Å²) in [5.41, 5.74) is -1.46. The third kappa shape index (κ3) is 4.63. The molecule has 1 amide bonds. The van der Waals surface area contributed by atoms with E-state index in [1.165, 1.54) is 27.4 Å². The molecule has 1 atom stereocenters. The van der Waals surface area contributed by atoms with Crippen LogP contribution in [-0.4, -0.2) is 53.7 Å². The Labute approximate surface area is 208 Å². The predicted octanol–water partition coefficient (Wildman–Crippen LogP) is 4.87. The first-order chi connectivity index (χ1) is 16.3. The second-order valence-corrected chi connectivity index (χ2v) is 11.8. The summed E-state index contributed by atoms with van der Waals surface area (Å²) in [4.78, 5) is 18.2. The van der Waals surface area contributed by atoms with Gasteiger partial charge in [-0.15, -0.1) is 6.58 Å². The molecular formula is C23H22BrF4N3O3S. The quantitative estimate of drug-likeness (QED) is 0.364. The van der Waals surface area contributed by atoms with Crippen molar-refractivity contribution >= 4 is 31.9 Å². The van der Waals surface area contributed by atoms with Gasteiger partial charge in [-0.3, -0.25) is 4.79 Å². The summed E-state index contributed by atoms with van der Waals surface area (Å²) in [5.74, 6) is -1.36. The Hall–Kier alpha value is -2.31. The van der Waals surface area contributed by atoms with E-state index in [1.54, 1.807) is 13.0 Å². The predicted molar refractivity (Wildman–Crippen MR) is 123 cm³/mol. The fourth-order valence-corrected chi connectivity index (χ4v) is 6.98. The van der Waals surface area contributed by atoms with Crippen LogP contribution in [0.3, 0.4) is 0 Å². The summed E-state index contributed by atoms with van der Waals surface area (Å²) < 4.78 is 79.7. The molecule has 1 aliphatic carbocycles. The fourth-order valence-electron chi connectivity index (χ4n) is 4.73. The van der Waals surface area contributed by atoms with Crippen molar-refractivity contribution in [2.75, 3.05) is 13.1 Å². The number of carbonyl (C=O) groups excluding carboxylic acids is 1. The Kier molecular flexibility index (Phi) is 6.60. The van der Waals surface area contributed by atoms with Crippen LogP contribution in [0.15, 0.2) is 58.6 Å². The highest BCUT2D eigenvalue weighted by atomic mass is 79.9. The minimum atomic E-state index is -4.59. The molecule has 6 nitrogen and oxygen atoms in total. The molecule has 1 aromatic carbocycles. The molecule has 188 valence electrons. The van der Waals surface area contributed by atoms with Crippen LogP contribution in [0.1, 0.15) is 35.8 Å². The third-order valence-electron chi connectivity index (χ3n) is 6.59. The van der Waals surface area contributed by atoms with Crippen LogP contribution in [0.2, 0.25) is 0 Å². The van der Waals surface area contributed by atoms with E-state index in [2.05, 4.69) is 27.5 Å². The molecule has 2 fully saturated rings. The first-order valence-electron chi connectivity index (χ1n) is 10.7. The van der Waals surface area contributed by atoms with E-state index < -0.39 is 39.5 Å². The van der Waals surface area contributed by atoms with Crippen molar-refractivity contribution in [3.05, 3.63) is 70.7 Å². The maximum Gasteiger partial charge on any atom is 0.417 e. The zero-order valence-corrected chi connectivity index (χ0v) is 21.0. The average molecular weight is 576 g/mol. The number of amides is 1. The van der Waals surface area contributed by atoms with E-state index in [0.29, 0.717) is 19.0 Å². The van der Waals surface area contributed by atoms with Gasteiger partial charge in [0.25, 0.3) is 5.91 Å². The van der Waals surface area contributed by atoms with Crippen molar-refractivity contribution in [3.63, 3.8) is 0 Å². The molecule has 0 N–H and O–H groups in total. The van der Waals surface area contributed by atoms with Gasteiger partial charge in [0.2, 0.25) is 10.0 Å². The number of nitrogens with zero attached hydrogens (tertiary/aromatic N) is 3. The Bertz CT molecular complexity index is 1270. The first-order valence-corrected chi connectivity index (χ1v) is 12.9. The normalized spacial score (nSPS) is 19.0. The van der Waals surface area contributed by atoms with Gasteiger partial charge in [0.1, 0.15) is 16.4 Å². The number of halogens is 5. The van der Waals surface area contributed by atoms with Gasteiger partial charge >= 0.3 is 6.18 Å². The molecule has 2 aromatic rings. The van der Waals surface area contributed by atoms with Gasteiger partial charge in [0, 0.05) is 41.3 Å². The lowest BCUT2D eigenvalue weighted by atomic mass is 9.61. The van der Waals surface area contributed by atoms with Crippen molar-refractivity contribution in [2.24, 2.45) is 5.41 Å². The molecule has 2 aliphatic rings. The van der Waals surface area contributed by atoms with Gasteiger partial charge < -0.3 is 4.90 Å². The van der Waals surface area contributed by atoms with Crippen LogP contribution in [-0.2, 0) is 16.2 Å². The number of pyridine rings is 1. The highest BCUT2D eigenvalue weighted by molar-refractivity contribution is 9.10. The lowest BCUT2D eigenvalue weighted by Gasteiger charge is -2.60. The van der Waals surface area contributed by atoms with Crippen molar-refractivity contribution in [1.82, 2.24) is 14.2 Å². The van der Waals surface area contributed by atoms with Crippen molar-refractivity contribution < 1.29 is 30.8 Å². The van der Waals surface area contributed by atoms with E-state index in [0.717, 1.165) is 12.1 Å². The van der Waals surface area contributed by atoms with Crippen LogP contribution >= 0.6 is 15.9 Å². The van der Waals surface area contributed by atoms with E-state index in [1.807, 2.05) is 0 Å². The second kappa shape index (κ2) is 8.97. The molecule has 1 unspecified atom stereocenters. The molecule has 2 heterocycles. The zero-order valence-electron chi connectivity index (χ0n) is 18.6. The number of aromatic nitrogens is 1.